The van der Waals surface area contributed by atoms with Crippen LogP contribution in [0.4, 0.5) is 0 Å². The number of hydrogen-bond donors (Lipinski definition) is 2. The molecule has 0 aromatic heterocycles. The Morgan fingerprint density at radius 3 is 2.22 bits per heavy atom. The molecular formula is C12H13NO5. The normalized spacial score (nSPS) is 10.3. The summed E-state index contributed by atoms with van der Waals surface area (Å²) in [6.45, 7) is 0. The Bertz CT molecular complexity index is 507. The molecular weight excluding hydrogens is 238 g/mol. The van der Waals surface area contributed by atoms with Gasteiger partial charge in [-0.3, -0.25) is 4.79 Å². The van der Waals surface area contributed by atoms with Gasteiger partial charge in [-0.15, -0.1) is 0 Å². The topological polar surface area (TPSA) is 98.9 Å². The van der Waals surface area contributed by atoms with Crippen molar-refractivity contribution in [3.05, 3.63) is 29.3 Å². The molecule has 1 rings (SSSR count). The third-order valence-electron chi connectivity index (χ3n) is 2.21. The van der Waals surface area contributed by atoms with Crippen molar-refractivity contribution >= 4 is 18.0 Å². The maximum absolute atomic E-state index is 11.1. The van der Waals surface area contributed by atoms with Crippen LogP contribution in [0.3, 0.4) is 0 Å². The fourth-order valence-corrected chi connectivity index (χ4v) is 1.39. The fraction of sp³-hybridized carbons (Fsp3) is 0.167. The maximum atomic E-state index is 11.1. The number of primary amides is 1. The maximum Gasteiger partial charge on any atom is 0.336 e. The van der Waals surface area contributed by atoms with Gasteiger partial charge in [0, 0.05) is 6.08 Å². The van der Waals surface area contributed by atoms with E-state index in [9.17, 15) is 9.59 Å². The first-order valence-corrected chi connectivity index (χ1v) is 4.96. The van der Waals surface area contributed by atoms with Gasteiger partial charge in [0.1, 0.15) is 0 Å². The lowest BCUT2D eigenvalue weighted by Gasteiger charge is -2.10. The van der Waals surface area contributed by atoms with Gasteiger partial charge in [0.25, 0.3) is 0 Å². The fourth-order valence-electron chi connectivity index (χ4n) is 1.39. The number of methoxy groups -OCH3 is 2. The van der Waals surface area contributed by atoms with Gasteiger partial charge in [0.15, 0.2) is 11.5 Å². The first kappa shape index (κ1) is 13.6. The Morgan fingerprint density at radius 2 is 1.78 bits per heavy atom. The molecule has 0 saturated heterocycles. The minimum Gasteiger partial charge on any atom is -0.493 e. The summed E-state index contributed by atoms with van der Waals surface area (Å²) in [5.74, 6) is -1.14. The molecule has 1 aromatic carbocycles. The SMILES string of the molecule is COc1cc(C=CC(N)=O)c(C(=O)O)cc1OC. The number of hydrogen-bond acceptors (Lipinski definition) is 4. The van der Waals surface area contributed by atoms with Crippen molar-refractivity contribution in [1.29, 1.82) is 0 Å². The molecule has 6 heteroatoms. The molecule has 0 fully saturated rings. The molecule has 96 valence electrons. The number of aromatic carboxylic acids is 1. The summed E-state index contributed by atoms with van der Waals surface area (Å²) < 4.78 is 10.1. The lowest BCUT2D eigenvalue weighted by atomic mass is 10.1. The summed E-state index contributed by atoms with van der Waals surface area (Å²) in [6, 6.07) is 2.78. The van der Waals surface area contributed by atoms with Gasteiger partial charge in [-0.25, -0.2) is 4.79 Å². The number of ether oxygens (including phenoxy) is 2. The van der Waals surface area contributed by atoms with Crippen LogP contribution in [0.1, 0.15) is 15.9 Å². The van der Waals surface area contributed by atoms with Crippen LogP contribution >= 0.6 is 0 Å². The molecule has 0 aliphatic heterocycles. The molecule has 0 heterocycles. The standard InChI is InChI=1S/C12H13NO5/c1-17-9-5-7(3-4-11(13)14)8(12(15)16)6-10(9)18-2/h3-6H,1-2H3,(H2,13,14)(H,15,16). The first-order valence-electron chi connectivity index (χ1n) is 4.96. The lowest BCUT2D eigenvalue weighted by Crippen LogP contribution is -2.06. The van der Waals surface area contributed by atoms with Crippen molar-refractivity contribution < 1.29 is 24.2 Å². The van der Waals surface area contributed by atoms with Gasteiger partial charge in [-0.05, 0) is 23.8 Å². The van der Waals surface area contributed by atoms with Crippen LogP contribution in [-0.2, 0) is 4.79 Å². The predicted molar refractivity (Wildman–Crippen MR) is 64.7 cm³/mol. The minimum atomic E-state index is -1.14. The number of benzene rings is 1. The molecule has 0 unspecified atom stereocenters. The number of nitrogens with two attached hydrogens (primary N) is 1. The predicted octanol–water partition coefficient (Wildman–Crippen LogP) is 0.901. The monoisotopic (exact) mass is 251 g/mol. The van der Waals surface area contributed by atoms with E-state index in [4.69, 9.17) is 20.3 Å². The van der Waals surface area contributed by atoms with E-state index in [-0.39, 0.29) is 5.56 Å². The molecule has 0 bridgehead atoms. The van der Waals surface area contributed by atoms with Gasteiger partial charge in [-0.1, -0.05) is 0 Å². The second kappa shape index (κ2) is 5.72. The molecule has 0 spiro atoms. The van der Waals surface area contributed by atoms with Crippen molar-refractivity contribution in [3.8, 4) is 11.5 Å². The van der Waals surface area contributed by atoms with Gasteiger partial charge >= 0.3 is 5.97 Å². The highest BCUT2D eigenvalue weighted by molar-refractivity contribution is 5.96. The second-order valence-electron chi connectivity index (χ2n) is 3.34. The van der Waals surface area contributed by atoms with E-state index in [0.29, 0.717) is 17.1 Å². The highest BCUT2D eigenvalue weighted by atomic mass is 16.5. The molecule has 6 nitrogen and oxygen atoms in total. The van der Waals surface area contributed by atoms with E-state index >= 15 is 0 Å². The molecule has 3 N–H and O–H groups in total. The van der Waals surface area contributed by atoms with Gasteiger partial charge in [0.05, 0.1) is 19.8 Å². The van der Waals surface area contributed by atoms with Crippen LogP contribution in [0, 0.1) is 0 Å². The van der Waals surface area contributed by atoms with Crippen molar-refractivity contribution in [3.63, 3.8) is 0 Å². The van der Waals surface area contributed by atoms with E-state index in [0.717, 1.165) is 6.08 Å². The third kappa shape index (κ3) is 3.00. The summed E-state index contributed by atoms with van der Waals surface area (Å²) in [5.41, 5.74) is 5.26. The zero-order valence-corrected chi connectivity index (χ0v) is 9.97. The van der Waals surface area contributed by atoms with Crippen LogP contribution in [0.15, 0.2) is 18.2 Å². The van der Waals surface area contributed by atoms with Gasteiger partial charge < -0.3 is 20.3 Å². The Hall–Kier alpha value is -2.50. The van der Waals surface area contributed by atoms with Gasteiger partial charge in [-0.2, -0.15) is 0 Å². The molecule has 18 heavy (non-hydrogen) atoms. The van der Waals surface area contributed by atoms with Gasteiger partial charge in [0.2, 0.25) is 5.91 Å². The molecule has 0 radical (unpaired) electrons. The highest BCUT2D eigenvalue weighted by Crippen LogP contribution is 2.31. The smallest absolute Gasteiger partial charge is 0.336 e. The Labute approximate surface area is 104 Å². The van der Waals surface area contributed by atoms with Crippen LogP contribution in [0.5, 0.6) is 11.5 Å². The number of amides is 1. The zero-order valence-electron chi connectivity index (χ0n) is 9.97. The first-order chi connectivity index (χ1) is 8.49. The Kier molecular flexibility index (Phi) is 4.31. The Balaban J connectivity index is 3.37. The number of carbonyl (C=O) groups excluding carboxylic acids is 1. The molecule has 0 aliphatic carbocycles. The van der Waals surface area contributed by atoms with Crippen molar-refractivity contribution in [1.82, 2.24) is 0 Å². The van der Waals surface area contributed by atoms with Crippen LogP contribution in [-0.4, -0.2) is 31.2 Å². The van der Waals surface area contributed by atoms with Crippen LogP contribution in [0.25, 0.3) is 6.08 Å². The molecule has 1 amide bonds. The van der Waals surface area contributed by atoms with Crippen LogP contribution in [0.2, 0.25) is 0 Å². The molecule has 1 aromatic rings. The number of carboxylic acids is 1. The average molecular weight is 251 g/mol. The summed E-state index contributed by atoms with van der Waals surface area (Å²) in [5, 5.41) is 9.07. The summed E-state index contributed by atoms with van der Waals surface area (Å²) in [7, 11) is 2.84. The summed E-state index contributed by atoms with van der Waals surface area (Å²) in [4.78, 5) is 21.8. The number of carboxylic acid groups (broad SMARTS) is 1. The lowest BCUT2D eigenvalue weighted by molar-refractivity contribution is -0.113. The van der Waals surface area contributed by atoms with Crippen molar-refractivity contribution in [2.45, 2.75) is 0 Å². The third-order valence-corrected chi connectivity index (χ3v) is 2.21. The number of carbonyl (C=O) groups is 2. The largest absolute Gasteiger partial charge is 0.493 e. The van der Waals surface area contributed by atoms with Crippen molar-refractivity contribution in [2.24, 2.45) is 5.73 Å². The summed E-state index contributed by atoms with van der Waals surface area (Å²) >= 11 is 0. The van der Waals surface area contributed by atoms with E-state index in [2.05, 4.69) is 0 Å². The van der Waals surface area contributed by atoms with Crippen molar-refractivity contribution in [2.75, 3.05) is 14.2 Å². The molecule has 0 aliphatic rings. The van der Waals surface area contributed by atoms with E-state index in [1.54, 1.807) is 0 Å². The zero-order chi connectivity index (χ0) is 13.7. The number of rotatable bonds is 5. The molecule has 0 saturated carbocycles. The highest BCUT2D eigenvalue weighted by Gasteiger charge is 2.14. The van der Waals surface area contributed by atoms with Crippen LogP contribution < -0.4 is 15.2 Å². The average Bonchev–Trinajstić information content (AvgIpc) is 2.34. The van der Waals surface area contributed by atoms with E-state index in [1.807, 2.05) is 0 Å². The summed E-state index contributed by atoms with van der Waals surface area (Å²) in [6.07, 6.45) is 2.39. The Morgan fingerprint density at radius 1 is 1.22 bits per heavy atom. The van der Waals surface area contributed by atoms with E-state index < -0.39 is 11.9 Å². The second-order valence-corrected chi connectivity index (χ2v) is 3.34. The minimum absolute atomic E-state index is 0.00912. The quantitative estimate of drug-likeness (QED) is 0.757. The van der Waals surface area contributed by atoms with E-state index in [1.165, 1.54) is 32.4 Å². The molecule has 0 atom stereocenters.